The normalized spacial score (nSPS) is 11.0. The lowest BCUT2D eigenvalue weighted by Gasteiger charge is -2.23. The maximum atomic E-state index is 12.2. The molecule has 1 amide bonds. The highest BCUT2D eigenvalue weighted by Gasteiger charge is 2.21. The number of carbonyl (C=O) groups excluding carboxylic acids is 1. The maximum Gasteiger partial charge on any atom is 0.262 e. The molecule has 0 aromatic heterocycles. The van der Waals surface area contributed by atoms with Gasteiger partial charge in [-0.3, -0.25) is 4.79 Å². The maximum absolute atomic E-state index is 12.2. The van der Waals surface area contributed by atoms with E-state index in [1.54, 1.807) is 12.1 Å². The van der Waals surface area contributed by atoms with E-state index in [-0.39, 0.29) is 23.7 Å². The van der Waals surface area contributed by atoms with E-state index in [4.69, 9.17) is 9.47 Å². The Bertz CT molecular complexity index is 976. The summed E-state index contributed by atoms with van der Waals surface area (Å²) >= 11 is 0. The Morgan fingerprint density at radius 3 is 2.30 bits per heavy atom. The molecule has 0 heterocycles. The zero-order chi connectivity index (χ0) is 21.6. The number of phenols is 1. The second-order valence-corrected chi connectivity index (χ2v) is 8.07. The molecule has 5 nitrogen and oxygen atoms in total. The second kappa shape index (κ2) is 9.35. The molecule has 5 heteroatoms. The molecule has 3 aromatic rings. The molecular weight excluding hydrogens is 378 g/mol. The fourth-order valence-corrected chi connectivity index (χ4v) is 2.94. The monoisotopic (exact) mass is 405 g/mol. The van der Waals surface area contributed by atoms with Gasteiger partial charge in [0.2, 0.25) is 0 Å². The predicted octanol–water partition coefficient (Wildman–Crippen LogP) is 5.29. The van der Waals surface area contributed by atoms with E-state index in [1.807, 2.05) is 48.5 Å². The smallest absolute Gasteiger partial charge is 0.262 e. The number of benzene rings is 3. The molecule has 0 atom stereocenters. The molecule has 0 spiro atoms. The summed E-state index contributed by atoms with van der Waals surface area (Å²) in [5, 5.41) is 12.1. The SMILES string of the molecule is CC(C)(C)c1cc(OCc2ccccc2)ccc1OCC(=O)Nc1ccc(O)cc1. The third-order valence-electron chi connectivity index (χ3n) is 4.52. The number of hydrogen-bond donors (Lipinski definition) is 2. The zero-order valence-corrected chi connectivity index (χ0v) is 17.5. The molecule has 0 saturated heterocycles. The average Bonchev–Trinajstić information content (AvgIpc) is 2.73. The van der Waals surface area contributed by atoms with E-state index < -0.39 is 0 Å². The Kier molecular flexibility index (Phi) is 6.62. The number of amides is 1. The Hall–Kier alpha value is -3.47. The van der Waals surface area contributed by atoms with Crippen molar-refractivity contribution in [2.75, 3.05) is 11.9 Å². The minimum atomic E-state index is -0.273. The molecular formula is C25H27NO4. The summed E-state index contributed by atoms with van der Waals surface area (Å²) in [7, 11) is 0. The van der Waals surface area contributed by atoms with Gasteiger partial charge in [0, 0.05) is 11.3 Å². The number of carbonyl (C=O) groups is 1. The Morgan fingerprint density at radius 1 is 0.933 bits per heavy atom. The van der Waals surface area contributed by atoms with Crippen LogP contribution in [0, 0.1) is 0 Å². The van der Waals surface area contributed by atoms with Crippen molar-refractivity contribution >= 4 is 11.6 Å². The first-order chi connectivity index (χ1) is 14.3. The van der Waals surface area contributed by atoms with Gasteiger partial charge in [0.25, 0.3) is 5.91 Å². The van der Waals surface area contributed by atoms with Crippen LogP contribution in [-0.2, 0) is 16.8 Å². The highest BCUT2D eigenvalue weighted by molar-refractivity contribution is 5.91. The number of ether oxygens (including phenoxy) is 2. The van der Waals surface area contributed by atoms with Gasteiger partial charge < -0.3 is 19.9 Å². The summed E-state index contributed by atoms with van der Waals surface area (Å²) in [6.07, 6.45) is 0. The molecule has 0 unspecified atom stereocenters. The summed E-state index contributed by atoms with van der Waals surface area (Å²) in [6.45, 7) is 6.64. The molecule has 0 saturated carbocycles. The molecule has 156 valence electrons. The van der Waals surface area contributed by atoms with Crippen molar-refractivity contribution in [2.45, 2.75) is 32.8 Å². The fraction of sp³-hybridized carbons (Fsp3) is 0.240. The first kappa shape index (κ1) is 21.2. The van der Waals surface area contributed by atoms with Crippen LogP contribution in [0.25, 0.3) is 0 Å². The number of aromatic hydroxyl groups is 1. The Morgan fingerprint density at radius 2 is 1.63 bits per heavy atom. The minimum Gasteiger partial charge on any atom is -0.508 e. The summed E-state index contributed by atoms with van der Waals surface area (Å²) in [6, 6.07) is 22.0. The van der Waals surface area contributed by atoms with Crippen LogP contribution < -0.4 is 14.8 Å². The summed E-state index contributed by atoms with van der Waals surface area (Å²) < 4.78 is 11.8. The third kappa shape index (κ3) is 6.01. The molecule has 3 aromatic carbocycles. The molecule has 3 rings (SSSR count). The van der Waals surface area contributed by atoms with Gasteiger partial charge in [-0.1, -0.05) is 51.1 Å². The molecule has 0 aliphatic heterocycles. The Labute approximate surface area is 177 Å². The number of phenolic OH excluding ortho intramolecular Hbond substituents is 1. The van der Waals surface area contributed by atoms with Gasteiger partial charge in [-0.05, 0) is 53.4 Å². The first-order valence-corrected chi connectivity index (χ1v) is 9.84. The van der Waals surface area contributed by atoms with Crippen LogP contribution in [0.2, 0.25) is 0 Å². The largest absolute Gasteiger partial charge is 0.508 e. The van der Waals surface area contributed by atoms with Crippen LogP contribution in [0.5, 0.6) is 17.2 Å². The molecule has 0 bridgehead atoms. The highest BCUT2D eigenvalue weighted by Crippen LogP contribution is 2.34. The van der Waals surface area contributed by atoms with Gasteiger partial charge in [0.05, 0.1) is 0 Å². The van der Waals surface area contributed by atoms with Crippen LogP contribution in [0.3, 0.4) is 0 Å². The Balaban J connectivity index is 1.66. The average molecular weight is 405 g/mol. The van der Waals surface area contributed by atoms with Crippen LogP contribution in [0.1, 0.15) is 31.9 Å². The highest BCUT2D eigenvalue weighted by atomic mass is 16.5. The van der Waals surface area contributed by atoms with Gasteiger partial charge in [0.1, 0.15) is 23.9 Å². The van der Waals surface area contributed by atoms with Gasteiger partial charge in [-0.15, -0.1) is 0 Å². The summed E-state index contributed by atoms with van der Waals surface area (Å²) in [4.78, 5) is 12.2. The topological polar surface area (TPSA) is 67.8 Å². The van der Waals surface area contributed by atoms with Crippen molar-refractivity contribution in [2.24, 2.45) is 0 Å². The number of rotatable bonds is 7. The van der Waals surface area contributed by atoms with Crippen LogP contribution >= 0.6 is 0 Å². The molecule has 0 aliphatic carbocycles. The lowest BCUT2D eigenvalue weighted by molar-refractivity contribution is -0.118. The molecule has 2 N–H and O–H groups in total. The third-order valence-corrected chi connectivity index (χ3v) is 4.52. The first-order valence-electron chi connectivity index (χ1n) is 9.84. The van der Waals surface area contributed by atoms with Gasteiger partial charge in [0.15, 0.2) is 6.61 Å². The number of hydrogen-bond acceptors (Lipinski definition) is 4. The van der Waals surface area contributed by atoms with Crippen LogP contribution in [-0.4, -0.2) is 17.6 Å². The van der Waals surface area contributed by atoms with Crippen molar-refractivity contribution in [1.29, 1.82) is 0 Å². The van der Waals surface area contributed by atoms with E-state index in [0.717, 1.165) is 16.9 Å². The second-order valence-electron chi connectivity index (χ2n) is 8.07. The molecule has 0 radical (unpaired) electrons. The minimum absolute atomic E-state index is 0.117. The molecule has 0 fully saturated rings. The van der Waals surface area contributed by atoms with Crippen molar-refractivity contribution < 1.29 is 19.4 Å². The molecule has 0 aliphatic rings. The fourth-order valence-electron chi connectivity index (χ4n) is 2.94. The quantitative estimate of drug-likeness (QED) is 0.525. The van der Waals surface area contributed by atoms with Gasteiger partial charge in [-0.2, -0.15) is 0 Å². The number of anilines is 1. The van der Waals surface area contributed by atoms with E-state index in [9.17, 15) is 9.90 Å². The lowest BCUT2D eigenvalue weighted by atomic mass is 9.86. The van der Waals surface area contributed by atoms with E-state index in [0.29, 0.717) is 18.0 Å². The number of nitrogens with one attached hydrogen (secondary N) is 1. The van der Waals surface area contributed by atoms with Crippen molar-refractivity contribution in [3.05, 3.63) is 83.9 Å². The van der Waals surface area contributed by atoms with Crippen molar-refractivity contribution in [3.8, 4) is 17.2 Å². The predicted molar refractivity (Wildman–Crippen MR) is 118 cm³/mol. The molecule has 30 heavy (non-hydrogen) atoms. The van der Waals surface area contributed by atoms with Crippen molar-refractivity contribution in [3.63, 3.8) is 0 Å². The summed E-state index contributed by atoms with van der Waals surface area (Å²) in [5.41, 5.74) is 2.48. The van der Waals surface area contributed by atoms with Crippen molar-refractivity contribution in [1.82, 2.24) is 0 Å². The lowest BCUT2D eigenvalue weighted by Crippen LogP contribution is -2.22. The zero-order valence-electron chi connectivity index (χ0n) is 17.5. The van der Waals surface area contributed by atoms with E-state index in [2.05, 4.69) is 26.1 Å². The van der Waals surface area contributed by atoms with Crippen LogP contribution in [0.4, 0.5) is 5.69 Å². The van der Waals surface area contributed by atoms with E-state index in [1.165, 1.54) is 12.1 Å². The summed E-state index contributed by atoms with van der Waals surface area (Å²) in [5.74, 6) is 1.28. The van der Waals surface area contributed by atoms with Gasteiger partial charge >= 0.3 is 0 Å². The van der Waals surface area contributed by atoms with Crippen LogP contribution in [0.15, 0.2) is 72.8 Å². The van der Waals surface area contributed by atoms with Gasteiger partial charge in [-0.25, -0.2) is 0 Å². The van der Waals surface area contributed by atoms with E-state index >= 15 is 0 Å². The standard InChI is InChI=1S/C25H27NO4/c1-25(2,3)22-15-21(29-16-18-7-5-4-6-8-18)13-14-23(22)30-17-24(28)26-19-9-11-20(27)12-10-19/h4-15,27H,16-17H2,1-3H3,(H,26,28).